The smallest absolute Gasteiger partial charge is 0.347 e. The van der Waals surface area contributed by atoms with E-state index in [9.17, 15) is 9.59 Å². The zero-order valence-electron chi connectivity index (χ0n) is 14.4. The fraction of sp³-hybridized carbons (Fsp3) is 0.688. The van der Waals surface area contributed by atoms with Crippen molar-refractivity contribution in [2.45, 2.75) is 44.6 Å². The van der Waals surface area contributed by atoms with Crippen LogP contribution in [0.15, 0.2) is 11.1 Å². The molecule has 0 aromatic heterocycles. The normalized spacial score (nSPS) is 25.0. The quantitative estimate of drug-likeness (QED) is 0.594. The largest absolute Gasteiger partial charge is 0.463 e. The Morgan fingerprint density at radius 2 is 2.04 bits per heavy atom. The maximum atomic E-state index is 12.0. The molecule has 8 heteroatoms. The van der Waals surface area contributed by atoms with Crippen LogP contribution in [0, 0.1) is 5.41 Å². The van der Waals surface area contributed by atoms with E-state index in [0.717, 1.165) is 25.9 Å². The number of likely N-dealkylation sites (tertiary alicyclic amines) is 1. The summed E-state index contributed by atoms with van der Waals surface area (Å²) in [6.45, 7) is 5.38. The number of esters is 2. The number of likely N-dealkylation sites (N-methyl/N-ethyl adjacent to an activating group) is 1. The molecule has 0 aliphatic carbocycles. The van der Waals surface area contributed by atoms with E-state index in [2.05, 4.69) is 4.90 Å². The van der Waals surface area contributed by atoms with E-state index in [-0.39, 0.29) is 12.0 Å². The second kappa shape index (κ2) is 8.53. The number of ether oxygens (including phenoxy) is 2. The van der Waals surface area contributed by atoms with E-state index in [0.29, 0.717) is 10.9 Å². The highest BCUT2D eigenvalue weighted by Gasteiger charge is 2.36. The first-order chi connectivity index (χ1) is 11.4. The molecule has 2 aliphatic heterocycles. The average Bonchev–Trinajstić information content (AvgIpc) is 2.84. The third-order valence-electron chi connectivity index (χ3n) is 4.03. The minimum atomic E-state index is -0.941. The Balaban J connectivity index is 1.97. The van der Waals surface area contributed by atoms with Gasteiger partial charge in [0.05, 0.1) is 17.7 Å². The van der Waals surface area contributed by atoms with Gasteiger partial charge in [0.1, 0.15) is 11.2 Å². The van der Waals surface area contributed by atoms with Crippen molar-refractivity contribution in [2.24, 2.45) is 0 Å². The van der Waals surface area contributed by atoms with Crippen LogP contribution >= 0.6 is 11.8 Å². The molecular formula is C16H25N3O4S. The number of piperidine rings is 1. The van der Waals surface area contributed by atoms with Crippen molar-refractivity contribution in [3.05, 3.63) is 11.1 Å². The Bertz CT molecular complexity index is 531. The van der Waals surface area contributed by atoms with Gasteiger partial charge < -0.3 is 14.4 Å². The lowest BCUT2D eigenvalue weighted by molar-refractivity contribution is -0.163. The molecule has 0 saturated carbocycles. The number of nitrogens with one attached hydrogen (secondary N) is 1. The van der Waals surface area contributed by atoms with Crippen LogP contribution in [0.2, 0.25) is 0 Å². The van der Waals surface area contributed by atoms with Crippen LogP contribution in [0.4, 0.5) is 0 Å². The van der Waals surface area contributed by atoms with Gasteiger partial charge in [0, 0.05) is 7.05 Å². The number of hydrogen-bond donors (Lipinski definition) is 1. The predicted molar refractivity (Wildman–Crippen MR) is 92.6 cm³/mol. The first-order valence-electron chi connectivity index (χ1n) is 8.25. The van der Waals surface area contributed by atoms with Crippen molar-refractivity contribution in [2.75, 3.05) is 26.7 Å². The summed E-state index contributed by atoms with van der Waals surface area (Å²) in [5.41, 5.74) is 0. The van der Waals surface area contributed by atoms with Crippen LogP contribution in [-0.4, -0.2) is 65.8 Å². The Labute approximate surface area is 146 Å². The molecule has 2 unspecified atom stereocenters. The summed E-state index contributed by atoms with van der Waals surface area (Å²) in [5, 5.41) is 8.89. The standard InChI is InChI=1S/C16H25N3O4S/c1-4-22-16(21)11(2)23-13(20)10-12-18(3)14(17)15(24-12)19-8-6-5-7-9-19/h10-11,15,17H,4-9H2,1-3H3/b12-10+,17-14?. The number of carbonyl (C=O) groups excluding carboxylic acids is 2. The zero-order chi connectivity index (χ0) is 17.7. The fourth-order valence-corrected chi connectivity index (χ4v) is 3.96. The molecule has 0 aromatic carbocycles. The summed E-state index contributed by atoms with van der Waals surface area (Å²) in [6.07, 6.45) is 3.93. The van der Waals surface area contributed by atoms with Crippen molar-refractivity contribution >= 4 is 29.5 Å². The van der Waals surface area contributed by atoms with Gasteiger partial charge in [-0.3, -0.25) is 10.3 Å². The van der Waals surface area contributed by atoms with E-state index in [1.807, 2.05) is 0 Å². The summed E-state index contributed by atoms with van der Waals surface area (Å²) in [4.78, 5) is 27.5. The Morgan fingerprint density at radius 3 is 2.67 bits per heavy atom. The number of hydrogen-bond acceptors (Lipinski definition) is 7. The molecule has 1 N–H and O–H groups in total. The molecule has 0 radical (unpaired) electrons. The summed E-state index contributed by atoms with van der Waals surface area (Å²) >= 11 is 1.48. The van der Waals surface area contributed by atoms with Gasteiger partial charge in [-0.1, -0.05) is 18.2 Å². The molecule has 0 spiro atoms. The van der Waals surface area contributed by atoms with Crippen LogP contribution in [0.1, 0.15) is 33.1 Å². The lowest BCUT2D eigenvalue weighted by Crippen LogP contribution is -2.42. The topological polar surface area (TPSA) is 82.9 Å². The summed E-state index contributed by atoms with van der Waals surface area (Å²) in [7, 11) is 1.77. The number of amidine groups is 1. The van der Waals surface area contributed by atoms with Crippen molar-refractivity contribution in [1.29, 1.82) is 5.41 Å². The Hall–Kier alpha value is -1.54. The zero-order valence-corrected chi connectivity index (χ0v) is 15.2. The number of nitrogens with zero attached hydrogens (tertiary/aromatic N) is 2. The molecular weight excluding hydrogens is 330 g/mol. The van der Waals surface area contributed by atoms with Gasteiger partial charge in [0.2, 0.25) is 0 Å². The summed E-state index contributed by atoms with van der Waals surface area (Å²) in [5.74, 6) is -0.688. The van der Waals surface area contributed by atoms with Gasteiger partial charge in [0.15, 0.2) is 6.10 Å². The van der Waals surface area contributed by atoms with Crippen LogP contribution < -0.4 is 0 Å². The van der Waals surface area contributed by atoms with E-state index < -0.39 is 18.0 Å². The van der Waals surface area contributed by atoms with Gasteiger partial charge in [-0.25, -0.2) is 9.59 Å². The maximum absolute atomic E-state index is 12.0. The molecule has 0 amide bonds. The van der Waals surface area contributed by atoms with Crippen LogP contribution in [0.5, 0.6) is 0 Å². The molecule has 2 aliphatic rings. The number of carbonyl (C=O) groups is 2. The molecule has 24 heavy (non-hydrogen) atoms. The molecule has 2 atom stereocenters. The highest BCUT2D eigenvalue weighted by Crippen LogP contribution is 2.37. The lowest BCUT2D eigenvalue weighted by atomic mass is 10.1. The summed E-state index contributed by atoms with van der Waals surface area (Å²) in [6, 6.07) is 0. The van der Waals surface area contributed by atoms with Gasteiger partial charge in [-0.15, -0.1) is 0 Å². The minimum absolute atomic E-state index is 0.0585. The highest BCUT2D eigenvalue weighted by molar-refractivity contribution is 8.04. The van der Waals surface area contributed by atoms with Crippen LogP contribution in [0.3, 0.4) is 0 Å². The first kappa shape index (κ1) is 18.8. The molecule has 2 fully saturated rings. The van der Waals surface area contributed by atoms with E-state index in [1.54, 1.807) is 18.9 Å². The number of rotatable bonds is 5. The Morgan fingerprint density at radius 1 is 1.38 bits per heavy atom. The second-order valence-electron chi connectivity index (χ2n) is 5.82. The maximum Gasteiger partial charge on any atom is 0.347 e. The highest BCUT2D eigenvalue weighted by atomic mass is 32.2. The van der Waals surface area contributed by atoms with Gasteiger partial charge in [-0.2, -0.15) is 0 Å². The SMILES string of the molecule is CCOC(=O)C(C)OC(=O)/C=C1/SC(N2CCCCC2)C(=N)N1C. The van der Waals surface area contributed by atoms with Crippen LogP contribution in [-0.2, 0) is 19.1 Å². The van der Waals surface area contributed by atoms with Gasteiger partial charge in [-0.05, 0) is 39.8 Å². The molecule has 2 rings (SSSR count). The van der Waals surface area contributed by atoms with Gasteiger partial charge in [0.25, 0.3) is 0 Å². The van der Waals surface area contributed by atoms with E-state index in [1.165, 1.54) is 31.2 Å². The summed E-state index contributed by atoms with van der Waals surface area (Å²) < 4.78 is 9.89. The van der Waals surface area contributed by atoms with Crippen molar-refractivity contribution < 1.29 is 19.1 Å². The lowest BCUT2D eigenvalue weighted by Gasteiger charge is -2.30. The minimum Gasteiger partial charge on any atom is -0.463 e. The molecule has 0 aromatic rings. The van der Waals surface area contributed by atoms with E-state index in [4.69, 9.17) is 14.9 Å². The van der Waals surface area contributed by atoms with Crippen LogP contribution in [0.25, 0.3) is 0 Å². The fourth-order valence-electron chi connectivity index (χ4n) is 2.68. The molecule has 2 heterocycles. The van der Waals surface area contributed by atoms with Crippen molar-refractivity contribution in [3.8, 4) is 0 Å². The van der Waals surface area contributed by atoms with Crippen molar-refractivity contribution in [1.82, 2.24) is 9.80 Å². The number of thioether (sulfide) groups is 1. The molecule has 2 saturated heterocycles. The third-order valence-corrected chi connectivity index (χ3v) is 5.41. The Kier molecular flexibility index (Phi) is 6.68. The average molecular weight is 355 g/mol. The predicted octanol–water partition coefficient (Wildman–Crippen LogP) is 1.79. The first-order valence-corrected chi connectivity index (χ1v) is 9.13. The monoisotopic (exact) mass is 355 g/mol. The van der Waals surface area contributed by atoms with Crippen molar-refractivity contribution in [3.63, 3.8) is 0 Å². The molecule has 134 valence electrons. The van der Waals surface area contributed by atoms with E-state index >= 15 is 0 Å². The van der Waals surface area contributed by atoms with Gasteiger partial charge >= 0.3 is 11.9 Å². The second-order valence-corrected chi connectivity index (χ2v) is 6.93. The molecule has 7 nitrogen and oxygen atoms in total. The molecule has 0 bridgehead atoms. The third kappa shape index (κ3) is 4.51.